The predicted octanol–water partition coefficient (Wildman–Crippen LogP) is 2.87. The lowest BCUT2D eigenvalue weighted by molar-refractivity contribution is 0.457. The quantitative estimate of drug-likeness (QED) is 0.850. The van der Waals surface area contributed by atoms with Crippen LogP contribution in [-0.4, -0.2) is 12.1 Å². The average molecular weight is 239 g/mol. The molecular formula is C13H19ClN2. The van der Waals surface area contributed by atoms with E-state index in [9.17, 15) is 0 Å². The first-order chi connectivity index (χ1) is 7.65. The number of rotatable bonds is 3. The van der Waals surface area contributed by atoms with Crippen LogP contribution >= 0.6 is 11.6 Å². The minimum absolute atomic E-state index is 0.368. The van der Waals surface area contributed by atoms with Crippen molar-refractivity contribution < 1.29 is 0 Å². The molecule has 1 aromatic carbocycles. The Morgan fingerprint density at radius 2 is 2.00 bits per heavy atom. The first-order valence-electron chi connectivity index (χ1n) is 5.92. The lowest BCUT2D eigenvalue weighted by Crippen LogP contribution is -2.30. The third-order valence-corrected chi connectivity index (χ3v) is 3.58. The number of benzene rings is 1. The molecule has 0 bridgehead atoms. The van der Waals surface area contributed by atoms with Gasteiger partial charge in [-0.25, -0.2) is 0 Å². The van der Waals surface area contributed by atoms with E-state index in [0.717, 1.165) is 17.9 Å². The molecule has 1 fully saturated rings. The molecule has 0 saturated heterocycles. The van der Waals surface area contributed by atoms with Gasteiger partial charge < -0.3 is 11.1 Å². The van der Waals surface area contributed by atoms with E-state index in [1.165, 1.54) is 12.0 Å². The monoisotopic (exact) mass is 238 g/mol. The Bertz CT molecular complexity index is 336. The van der Waals surface area contributed by atoms with E-state index in [4.69, 9.17) is 17.3 Å². The molecule has 0 aliphatic heterocycles. The maximum Gasteiger partial charge on any atom is 0.0406 e. The fourth-order valence-corrected chi connectivity index (χ4v) is 2.50. The Kier molecular flexibility index (Phi) is 3.85. The maximum atomic E-state index is 5.90. The Morgan fingerprint density at radius 1 is 1.31 bits per heavy atom. The van der Waals surface area contributed by atoms with E-state index in [1.54, 1.807) is 0 Å². The van der Waals surface area contributed by atoms with Crippen molar-refractivity contribution in [3.63, 3.8) is 0 Å². The van der Waals surface area contributed by atoms with Crippen LogP contribution in [0.25, 0.3) is 0 Å². The van der Waals surface area contributed by atoms with Crippen LogP contribution in [-0.2, 0) is 0 Å². The zero-order chi connectivity index (χ0) is 11.5. The second-order valence-corrected chi connectivity index (χ2v) is 5.15. The summed E-state index contributed by atoms with van der Waals surface area (Å²) in [4.78, 5) is 0. The minimum Gasteiger partial charge on any atom is -0.328 e. The fourth-order valence-electron chi connectivity index (χ4n) is 2.37. The van der Waals surface area contributed by atoms with Crippen molar-refractivity contribution in [1.29, 1.82) is 0 Å². The van der Waals surface area contributed by atoms with Gasteiger partial charge in [-0.1, -0.05) is 23.7 Å². The van der Waals surface area contributed by atoms with Crippen LogP contribution in [0.3, 0.4) is 0 Å². The molecule has 3 heteroatoms. The highest BCUT2D eigenvalue weighted by atomic mass is 35.5. The van der Waals surface area contributed by atoms with Gasteiger partial charge in [0.25, 0.3) is 0 Å². The van der Waals surface area contributed by atoms with Gasteiger partial charge in [0, 0.05) is 23.1 Å². The fraction of sp³-hybridized carbons (Fsp3) is 0.538. The van der Waals surface area contributed by atoms with E-state index in [-0.39, 0.29) is 0 Å². The molecule has 88 valence electrons. The summed E-state index contributed by atoms with van der Waals surface area (Å²) in [6.07, 6.45) is 3.43. The topological polar surface area (TPSA) is 38.0 Å². The molecule has 2 rings (SSSR count). The highest BCUT2D eigenvalue weighted by Gasteiger charge is 2.22. The normalized spacial score (nSPS) is 26.9. The average Bonchev–Trinajstić information content (AvgIpc) is 2.65. The van der Waals surface area contributed by atoms with Crippen LogP contribution in [0.2, 0.25) is 5.02 Å². The van der Waals surface area contributed by atoms with Gasteiger partial charge in [0.1, 0.15) is 0 Å². The van der Waals surface area contributed by atoms with E-state index in [1.807, 2.05) is 12.1 Å². The number of hydrogen-bond donors (Lipinski definition) is 2. The summed E-state index contributed by atoms with van der Waals surface area (Å²) in [5.74, 6) is 0. The third-order valence-electron chi connectivity index (χ3n) is 3.33. The van der Waals surface area contributed by atoms with E-state index < -0.39 is 0 Å². The van der Waals surface area contributed by atoms with Crippen molar-refractivity contribution in [2.45, 2.75) is 44.3 Å². The Hall–Kier alpha value is -0.570. The zero-order valence-corrected chi connectivity index (χ0v) is 10.4. The molecular weight excluding hydrogens is 220 g/mol. The van der Waals surface area contributed by atoms with Crippen LogP contribution < -0.4 is 11.1 Å². The lowest BCUT2D eigenvalue weighted by Gasteiger charge is -2.19. The lowest BCUT2D eigenvalue weighted by atomic mass is 10.1. The summed E-state index contributed by atoms with van der Waals surface area (Å²) in [6.45, 7) is 2.19. The summed E-state index contributed by atoms with van der Waals surface area (Å²) in [7, 11) is 0. The van der Waals surface area contributed by atoms with Gasteiger partial charge in [-0.05, 0) is 43.9 Å². The van der Waals surface area contributed by atoms with Crippen LogP contribution in [0.1, 0.15) is 37.8 Å². The van der Waals surface area contributed by atoms with Crippen molar-refractivity contribution in [2.24, 2.45) is 5.73 Å². The van der Waals surface area contributed by atoms with Gasteiger partial charge in [-0.3, -0.25) is 0 Å². The smallest absolute Gasteiger partial charge is 0.0406 e. The first-order valence-corrected chi connectivity index (χ1v) is 6.30. The summed E-state index contributed by atoms with van der Waals surface area (Å²) in [5, 5.41) is 4.41. The third kappa shape index (κ3) is 2.97. The van der Waals surface area contributed by atoms with Crippen molar-refractivity contribution in [1.82, 2.24) is 5.32 Å². The SMILES string of the molecule is C[C@H](NC1CCC(N)C1)c1ccc(Cl)cc1. The Morgan fingerprint density at radius 3 is 2.56 bits per heavy atom. The van der Waals surface area contributed by atoms with Gasteiger partial charge in [0.2, 0.25) is 0 Å². The zero-order valence-electron chi connectivity index (χ0n) is 9.62. The highest BCUT2D eigenvalue weighted by molar-refractivity contribution is 6.30. The summed E-state index contributed by atoms with van der Waals surface area (Å²) < 4.78 is 0. The number of hydrogen-bond acceptors (Lipinski definition) is 2. The van der Waals surface area contributed by atoms with Crippen LogP contribution in [0.4, 0.5) is 0 Å². The Balaban J connectivity index is 1.92. The maximum absolute atomic E-state index is 5.90. The number of nitrogens with one attached hydrogen (secondary N) is 1. The number of halogens is 1. The molecule has 0 spiro atoms. The van der Waals surface area contributed by atoms with Gasteiger partial charge >= 0.3 is 0 Å². The van der Waals surface area contributed by atoms with Gasteiger partial charge in [0.05, 0.1) is 0 Å². The van der Waals surface area contributed by atoms with Crippen LogP contribution in [0.5, 0.6) is 0 Å². The van der Waals surface area contributed by atoms with Gasteiger partial charge in [0.15, 0.2) is 0 Å². The molecule has 0 aromatic heterocycles. The molecule has 0 radical (unpaired) electrons. The molecule has 3 atom stereocenters. The van der Waals surface area contributed by atoms with Gasteiger partial charge in [-0.2, -0.15) is 0 Å². The highest BCUT2D eigenvalue weighted by Crippen LogP contribution is 2.22. The first kappa shape index (κ1) is 11.9. The van der Waals surface area contributed by atoms with E-state index >= 15 is 0 Å². The molecule has 1 saturated carbocycles. The standard InChI is InChI=1S/C13H19ClN2/c1-9(10-2-4-11(14)5-3-10)16-13-7-6-12(15)8-13/h2-5,9,12-13,16H,6-8,15H2,1H3/t9-,12?,13?/m0/s1. The summed E-state index contributed by atoms with van der Waals surface area (Å²) in [5.41, 5.74) is 7.18. The predicted molar refractivity (Wildman–Crippen MR) is 68.6 cm³/mol. The van der Waals surface area contributed by atoms with Crippen LogP contribution in [0.15, 0.2) is 24.3 Å². The largest absolute Gasteiger partial charge is 0.328 e. The second-order valence-electron chi connectivity index (χ2n) is 4.71. The van der Waals surface area contributed by atoms with E-state index in [2.05, 4.69) is 24.4 Å². The van der Waals surface area contributed by atoms with Crippen molar-refractivity contribution >= 4 is 11.6 Å². The summed E-state index contributed by atoms with van der Waals surface area (Å²) in [6, 6.07) is 9.36. The molecule has 1 aliphatic carbocycles. The molecule has 1 aromatic rings. The van der Waals surface area contributed by atoms with Crippen molar-refractivity contribution in [2.75, 3.05) is 0 Å². The summed E-state index contributed by atoms with van der Waals surface area (Å²) >= 11 is 5.87. The molecule has 0 amide bonds. The second kappa shape index (κ2) is 5.17. The Labute approximate surface area is 102 Å². The van der Waals surface area contributed by atoms with Crippen molar-refractivity contribution in [3.8, 4) is 0 Å². The molecule has 2 nitrogen and oxygen atoms in total. The molecule has 0 heterocycles. The van der Waals surface area contributed by atoms with E-state index in [0.29, 0.717) is 18.1 Å². The molecule has 16 heavy (non-hydrogen) atoms. The number of nitrogens with two attached hydrogens (primary N) is 1. The minimum atomic E-state index is 0.368. The van der Waals surface area contributed by atoms with Crippen molar-refractivity contribution in [3.05, 3.63) is 34.9 Å². The molecule has 2 unspecified atom stereocenters. The molecule has 1 aliphatic rings. The van der Waals surface area contributed by atoms with Crippen LogP contribution in [0, 0.1) is 0 Å². The molecule has 3 N–H and O–H groups in total. The van der Waals surface area contributed by atoms with Gasteiger partial charge in [-0.15, -0.1) is 0 Å².